The number of aryl methyl sites for hydroxylation is 1. The van der Waals surface area contributed by atoms with Crippen molar-refractivity contribution in [3.8, 4) is 22.8 Å². The van der Waals surface area contributed by atoms with E-state index < -0.39 is 5.82 Å². The van der Waals surface area contributed by atoms with Gasteiger partial charge in [0.1, 0.15) is 28.8 Å². The average molecular weight is 251 g/mol. The number of hydrogen-bond acceptors (Lipinski definition) is 4. The van der Waals surface area contributed by atoms with Crippen molar-refractivity contribution in [1.29, 1.82) is 0 Å². The first kappa shape index (κ1) is 12.2. The third kappa shape index (κ3) is 1.97. The highest BCUT2D eigenvalue weighted by atomic mass is 19.1. The minimum absolute atomic E-state index is 0.352. The molecular formula is C12H14FN3O2. The number of ether oxygens (including phenoxy) is 2. The van der Waals surface area contributed by atoms with Crippen LogP contribution in [0.25, 0.3) is 11.3 Å². The first-order valence-corrected chi connectivity index (χ1v) is 5.28. The van der Waals surface area contributed by atoms with Crippen molar-refractivity contribution in [2.45, 2.75) is 0 Å². The van der Waals surface area contributed by atoms with Gasteiger partial charge in [0.25, 0.3) is 0 Å². The predicted octanol–water partition coefficient (Wildman–Crippen LogP) is 1.83. The Balaban J connectivity index is 2.68. The molecule has 0 atom stereocenters. The number of nitrogens with two attached hydrogens (primary N) is 1. The molecule has 96 valence electrons. The lowest BCUT2D eigenvalue weighted by Gasteiger charge is -2.11. The van der Waals surface area contributed by atoms with E-state index in [0.717, 1.165) is 0 Å². The van der Waals surface area contributed by atoms with E-state index >= 15 is 0 Å². The van der Waals surface area contributed by atoms with Crippen LogP contribution in [0.15, 0.2) is 18.2 Å². The van der Waals surface area contributed by atoms with Crippen LogP contribution in [0.5, 0.6) is 11.5 Å². The van der Waals surface area contributed by atoms with Crippen LogP contribution >= 0.6 is 0 Å². The van der Waals surface area contributed by atoms with Gasteiger partial charge in [0.2, 0.25) is 0 Å². The Labute approximate surface area is 104 Å². The summed E-state index contributed by atoms with van der Waals surface area (Å²) in [4.78, 5) is 0. The Morgan fingerprint density at radius 1 is 1.17 bits per heavy atom. The monoisotopic (exact) mass is 251 g/mol. The van der Waals surface area contributed by atoms with Crippen molar-refractivity contribution < 1.29 is 13.9 Å². The minimum atomic E-state index is -0.434. The summed E-state index contributed by atoms with van der Waals surface area (Å²) in [6.45, 7) is 0. The number of anilines is 1. The maximum atomic E-state index is 13.4. The summed E-state index contributed by atoms with van der Waals surface area (Å²) in [5.41, 5.74) is 6.89. The third-order valence-corrected chi connectivity index (χ3v) is 2.64. The Morgan fingerprint density at radius 2 is 1.72 bits per heavy atom. The number of benzene rings is 1. The molecule has 0 aliphatic rings. The third-order valence-electron chi connectivity index (χ3n) is 2.64. The van der Waals surface area contributed by atoms with Gasteiger partial charge in [0.05, 0.1) is 19.8 Å². The number of nitrogen functional groups attached to an aromatic ring is 1. The zero-order valence-corrected chi connectivity index (χ0v) is 10.4. The fourth-order valence-corrected chi connectivity index (χ4v) is 1.74. The van der Waals surface area contributed by atoms with Crippen molar-refractivity contribution in [2.24, 2.45) is 7.05 Å². The highest BCUT2D eigenvalue weighted by molar-refractivity contribution is 5.75. The Kier molecular flexibility index (Phi) is 3.10. The van der Waals surface area contributed by atoms with Crippen LogP contribution in [0, 0.1) is 5.82 Å². The van der Waals surface area contributed by atoms with Crippen LogP contribution in [-0.4, -0.2) is 24.0 Å². The normalized spacial score (nSPS) is 10.4. The standard InChI is InChI=1S/C12H14FN3O2/c1-16-11(14)6-8(15-16)12-9(17-2)4-7(13)5-10(12)18-3/h4-6H,14H2,1-3H3. The van der Waals surface area contributed by atoms with E-state index in [4.69, 9.17) is 15.2 Å². The highest BCUT2D eigenvalue weighted by Gasteiger charge is 2.18. The largest absolute Gasteiger partial charge is 0.496 e. The van der Waals surface area contributed by atoms with Crippen LogP contribution in [0.1, 0.15) is 0 Å². The molecule has 0 amide bonds. The van der Waals surface area contributed by atoms with Crippen LogP contribution in [0.4, 0.5) is 10.2 Å². The first-order valence-electron chi connectivity index (χ1n) is 5.28. The molecule has 0 spiro atoms. The van der Waals surface area contributed by atoms with E-state index in [2.05, 4.69) is 5.10 Å². The summed E-state index contributed by atoms with van der Waals surface area (Å²) in [6.07, 6.45) is 0. The van der Waals surface area contributed by atoms with Gasteiger partial charge in [-0.2, -0.15) is 5.10 Å². The quantitative estimate of drug-likeness (QED) is 0.903. The highest BCUT2D eigenvalue weighted by Crippen LogP contribution is 2.38. The molecule has 0 aliphatic heterocycles. The molecule has 0 aliphatic carbocycles. The molecule has 0 saturated heterocycles. The lowest BCUT2D eigenvalue weighted by molar-refractivity contribution is 0.391. The molecular weight excluding hydrogens is 237 g/mol. The topological polar surface area (TPSA) is 62.3 Å². The van der Waals surface area contributed by atoms with Crippen molar-refractivity contribution in [3.63, 3.8) is 0 Å². The maximum absolute atomic E-state index is 13.4. The summed E-state index contributed by atoms with van der Waals surface area (Å²) in [6, 6.07) is 4.24. The van der Waals surface area contributed by atoms with E-state index in [-0.39, 0.29) is 0 Å². The van der Waals surface area contributed by atoms with Gasteiger partial charge in [-0.25, -0.2) is 4.39 Å². The second kappa shape index (κ2) is 4.56. The summed E-state index contributed by atoms with van der Waals surface area (Å²) in [5, 5.41) is 4.24. The van der Waals surface area contributed by atoms with Gasteiger partial charge < -0.3 is 15.2 Å². The van der Waals surface area contributed by atoms with E-state index in [9.17, 15) is 4.39 Å². The maximum Gasteiger partial charge on any atom is 0.135 e. The van der Waals surface area contributed by atoms with Crippen molar-refractivity contribution in [2.75, 3.05) is 20.0 Å². The number of aromatic nitrogens is 2. The molecule has 0 radical (unpaired) electrons. The predicted molar refractivity (Wildman–Crippen MR) is 66.1 cm³/mol. The van der Waals surface area contributed by atoms with Gasteiger partial charge in [0, 0.05) is 25.2 Å². The van der Waals surface area contributed by atoms with Gasteiger partial charge in [-0.3, -0.25) is 4.68 Å². The summed E-state index contributed by atoms with van der Waals surface area (Å²) in [7, 11) is 4.65. The lowest BCUT2D eigenvalue weighted by atomic mass is 10.1. The van der Waals surface area contributed by atoms with Gasteiger partial charge in [-0.1, -0.05) is 0 Å². The van der Waals surface area contributed by atoms with Gasteiger partial charge in [0.15, 0.2) is 0 Å². The van der Waals surface area contributed by atoms with Crippen LogP contribution in [0.2, 0.25) is 0 Å². The number of nitrogens with zero attached hydrogens (tertiary/aromatic N) is 2. The summed E-state index contributed by atoms with van der Waals surface area (Å²) in [5.74, 6) is 0.768. The Bertz CT molecular complexity index is 536. The molecule has 0 fully saturated rings. The number of hydrogen-bond donors (Lipinski definition) is 1. The molecule has 5 nitrogen and oxygen atoms in total. The second-order valence-electron chi connectivity index (χ2n) is 3.76. The molecule has 2 aromatic rings. The van der Waals surface area contributed by atoms with E-state index in [0.29, 0.717) is 28.6 Å². The van der Waals surface area contributed by atoms with E-state index in [1.54, 1.807) is 13.1 Å². The van der Waals surface area contributed by atoms with Crippen LogP contribution in [-0.2, 0) is 7.05 Å². The number of methoxy groups -OCH3 is 2. The molecule has 2 N–H and O–H groups in total. The smallest absolute Gasteiger partial charge is 0.135 e. The summed E-state index contributed by atoms with van der Waals surface area (Å²) >= 11 is 0. The molecule has 1 heterocycles. The van der Waals surface area contributed by atoms with E-state index in [1.807, 2.05) is 0 Å². The molecule has 0 saturated carbocycles. The molecule has 18 heavy (non-hydrogen) atoms. The molecule has 6 heteroatoms. The average Bonchev–Trinajstić information content (AvgIpc) is 2.67. The van der Waals surface area contributed by atoms with Gasteiger partial charge in [-0.05, 0) is 0 Å². The first-order chi connectivity index (χ1) is 8.56. The van der Waals surface area contributed by atoms with Crippen LogP contribution in [0.3, 0.4) is 0 Å². The minimum Gasteiger partial charge on any atom is -0.496 e. The van der Waals surface area contributed by atoms with Gasteiger partial charge in [-0.15, -0.1) is 0 Å². The zero-order chi connectivity index (χ0) is 13.3. The van der Waals surface area contributed by atoms with Crippen LogP contribution < -0.4 is 15.2 Å². The Morgan fingerprint density at radius 3 is 2.11 bits per heavy atom. The van der Waals surface area contributed by atoms with E-state index in [1.165, 1.54) is 31.0 Å². The zero-order valence-electron chi connectivity index (χ0n) is 10.4. The fourth-order valence-electron chi connectivity index (χ4n) is 1.74. The molecule has 0 bridgehead atoms. The molecule has 1 aromatic carbocycles. The molecule has 2 rings (SSSR count). The van der Waals surface area contributed by atoms with Crippen molar-refractivity contribution in [1.82, 2.24) is 9.78 Å². The van der Waals surface area contributed by atoms with Gasteiger partial charge >= 0.3 is 0 Å². The fraction of sp³-hybridized carbons (Fsp3) is 0.250. The number of rotatable bonds is 3. The molecule has 1 aromatic heterocycles. The SMILES string of the molecule is COc1cc(F)cc(OC)c1-c1cc(N)n(C)n1. The number of halogens is 1. The summed E-state index contributed by atoms with van der Waals surface area (Å²) < 4.78 is 25.2. The van der Waals surface area contributed by atoms with Crippen molar-refractivity contribution >= 4 is 5.82 Å². The molecule has 0 unspecified atom stereocenters. The lowest BCUT2D eigenvalue weighted by Crippen LogP contribution is -1.98. The van der Waals surface area contributed by atoms with Crippen molar-refractivity contribution in [3.05, 3.63) is 24.0 Å². The Hall–Kier alpha value is -2.24. The second-order valence-corrected chi connectivity index (χ2v) is 3.76.